The summed E-state index contributed by atoms with van der Waals surface area (Å²) in [5.41, 5.74) is 2.83. The molecule has 2 heterocycles. The molecule has 5 aromatic carbocycles. The van der Waals surface area contributed by atoms with Gasteiger partial charge in [0.1, 0.15) is 0 Å². The van der Waals surface area contributed by atoms with E-state index in [-0.39, 0.29) is 47.5 Å². The lowest BCUT2D eigenvalue weighted by Crippen LogP contribution is -2.49. The smallest absolute Gasteiger partial charge is 0.261 e. The summed E-state index contributed by atoms with van der Waals surface area (Å²) in [6.07, 6.45) is 23.2. The lowest BCUT2D eigenvalue weighted by molar-refractivity contribution is 0.0460. The Kier molecular flexibility index (Phi) is 6.88. The van der Waals surface area contributed by atoms with E-state index < -0.39 is 0 Å². The first-order chi connectivity index (χ1) is 24.3. The van der Waals surface area contributed by atoms with Crippen LogP contribution in [0.1, 0.15) is 131 Å². The molecule has 2 saturated carbocycles. The highest BCUT2D eigenvalue weighted by Crippen LogP contribution is 2.49. The van der Waals surface area contributed by atoms with Crippen molar-refractivity contribution in [3.8, 4) is 24.7 Å². The van der Waals surface area contributed by atoms with Crippen molar-refractivity contribution < 1.29 is 19.2 Å². The zero-order chi connectivity index (χ0) is 34.6. The molecule has 0 aromatic heterocycles. The summed E-state index contributed by atoms with van der Waals surface area (Å²) in [6.45, 7) is 3.99. The molecule has 50 heavy (non-hydrogen) atoms. The van der Waals surface area contributed by atoms with E-state index in [1.54, 1.807) is 24.3 Å². The monoisotopic (exact) mass is 658 g/mol. The number of nitrogens with zero attached hydrogens (tertiary/aromatic N) is 2. The highest BCUT2D eigenvalue weighted by atomic mass is 16.2. The van der Waals surface area contributed by atoms with E-state index in [0.717, 1.165) is 72.9 Å². The zero-order valence-electron chi connectivity index (χ0n) is 28.5. The summed E-state index contributed by atoms with van der Waals surface area (Å²) in [6, 6.07) is 10.5. The Morgan fingerprint density at radius 1 is 0.520 bits per heavy atom. The van der Waals surface area contributed by atoms with Crippen LogP contribution >= 0.6 is 0 Å². The van der Waals surface area contributed by atoms with Crippen LogP contribution in [-0.2, 0) is 0 Å². The number of fused-ring (bicyclic) bond motifs is 2. The van der Waals surface area contributed by atoms with Crippen LogP contribution in [0.4, 0.5) is 0 Å². The van der Waals surface area contributed by atoms with Crippen molar-refractivity contribution in [2.75, 3.05) is 0 Å². The second kappa shape index (κ2) is 11.2. The molecular formula is C44H38N2O4. The highest BCUT2D eigenvalue weighted by molar-refractivity contribution is 6.42. The van der Waals surface area contributed by atoms with E-state index in [2.05, 4.69) is 11.8 Å². The Bertz CT molecular complexity index is 2280. The van der Waals surface area contributed by atoms with Gasteiger partial charge >= 0.3 is 0 Å². The van der Waals surface area contributed by atoms with Gasteiger partial charge in [0.25, 0.3) is 23.6 Å². The van der Waals surface area contributed by atoms with Crippen LogP contribution in [0.5, 0.6) is 0 Å². The highest BCUT2D eigenvalue weighted by Gasteiger charge is 2.42. The molecule has 2 aliphatic carbocycles. The quantitative estimate of drug-likeness (QED) is 0.0837. The third-order valence-corrected chi connectivity index (χ3v) is 12.7. The first-order valence-corrected chi connectivity index (χ1v) is 18.2. The zero-order valence-corrected chi connectivity index (χ0v) is 28.5. The number of carbonyl (C=O) groups is 4. The van der Waals surface area contributed by atoms with Crippen molar-refractivity contribution in [1.29, 1.82) is 0 Å². The fourth-order valence-corrected chi connectivity index (χ4v) is 10.1. The summed E-state index contributed by atoms with van der Waals surface area (Å²) in [5.74, 6) is 5.01. The molecule has 4 aliphatic rings. The van der Waals surface area contributed by atoms with E-state index in [4.69, 9.17) is 12.8 Å². The summed E-state index contributed by atoms with van der Waals surface area (Å²) >= 11 is 0. The van der Waals surface area contributed by atoms with Crippen LogP contribution < -0.4 is 0 Å². The van der Waals surface area contributed by atoms with E-state index in [1.165, 1.54) is 22.6 Å². The lowest BCUT2D eigenvalue weighted by Gasteiger charge is -2.38. The average molecular weight is 659 g/mol. The third-order valence-electron chi connectivity index (χ3n) is 12.7. The molecule has 5 aromatic rings. The molecule has 2 aliphatic heterocycles. The maximum atomic E-state index is 14.4. The normalized spacial score (nSPS) is 19.9. The van der Waals surface area contributed by atoms with Gasteiger partial charge in [-0.2, -0.15) is 0 Å². The van der Waals surface area contributed by atoms with Gasteiger partial charge in [0.05, 0.1) is 0 Å². The first kappa shape index (κ1) is 30.8. The number of carbonyl (C=O) groups excluding carboxylic acids is 4. The van der Waals surface area contributed by atoms with Crippen molar-refractivity contribution in [2.45, 2.75) is 90.1 Å². The fourth-order valence-electron chi connectivity index (χ4n) is 10.1. The van der Waals surface area contributed by atoms with Crippen LogP contribution in [-0.4, -0.2) is 45.5 Å². The third kappa shape index (κ3) is 4.00. The van der Waals surface area contributed by atoms with Crippen LogP contribution in [0.15, 0.2) is 36.4 Å². The van der Waals surface area contributed by atoms with E-state index >= 15 is 0 Å². The van der Waals surface area contributed by atoms with Crippen LogP contribution in [0.3, 0.4) is 0 Å². The minimum Gasteiger partial charge on any atom is -0.271 e. The maximum absolute atomic E-state index is 14.4. The van der Waals surface area contributed by atoms with Gasteiger partial charge in [0.15, 0.2) is 0 Å². The summed E-state index contributed by atoms with van der Waals surface area (Å²) in [4.78, 5) is 60.3. The number of amides is 4. The van der Waals surface area contributed by atoms with E-state index in [1.807, 2.05) is 26.0 Å². The molecule has 6 heteroatoms. The van der Waals surface area contributed by atoms with Gasteiger partial charge < -0.3 is 0 Å². The lowest BCUT2D eigenvalue weighted by atomic mass is 9.78. The number of hydrogen-bond acceptors (Lipinski definition) is 4. The number of terminal acetylenes is 2. The number of hydrogen-bond donors (Lipinski definition) is 0. The van der Waals surface area contributed by atoms with Gasteiger partial charge in [-0.05, 0) is 86.4 Å². The van der Waals surface area contributed by atoms with Gasteiger partial charge in [-0.1, -0.05) is 62.5 Å². The summed E-state index contributed by atoms with van der Waals surface area (Å²) in [5, 5.41) is 5.52. The van der Waals surface area contributed by atoms with Crippen molar-refractivity contribution in [3.05, 3.63) is 69.8 Å². The minimum atomic E-state index is -0.322. The van der Waals surface area contributed by atoms with Crippen LogP contribution in [0, 0.1) is 36.5 Å². The summed E-state index contributed by atoms with van der Waals surface area (Å²) < 4.78 is 0. The van der Waals surface area contributed by atoms with Gasteiger partial charge in [-0.25, -0.2) is 0 Å². The standard InChI is InChI=1S/C44H38N2O4/c1-5-25-21-33-37-31(41(47)45(43(33)49)23(3)27-13-9-7-10-14-27)20-18-30-36-26(6-2)22-34-38-32(19-17-29(40(36)38)35(25)39(30)37)42(48)46(44(34)50)24(4)28-15-11-8-12-16-28/h1-2,17-24,27-28H,7-16H2,3-4H3. The van der Waals surface area contributed by atoms with Gasteiger partial charge in [-0.3, -0.25) is 29.0 Å². The maximum Gasteiger partial charge on any atom is 0.261 e. The molecule has 248 valence electrons. The molecule has 2 unspecified atom stereocenters. The number of imide groups is 2. The molecule has 2 atom stereocenters. The van der Waals surface area contributed by atoms with Crippen molar-refractivity contribution in [1.82, 2.24) is 9.80 Å². The topological polar surface area (TPSA) is 74.8 Å². The Hall–Kier alpha value is -5.20. The van der Waals surface area contributed by atoms with Crippen molar-refractivity contribution in [2.24, 2.45) is 11.8 Å². The largest absolute Gasteiger partial charge is 0.271 e. The van der Waals surface area contributed by atoms with Gasteiger partial charge in [0.2, 0.25) is 0 Å². The van der Waals surface area contributed by atoms with E-state index in [9.17, 15) is 19.2 Å². The number of rotatable bonds is 4. The molecule has 2 fully saturated rings. The minimum absolute atomic E-state index is 0.236. The number of benzene rings is 5. The second-order valence-corrected chi connectivity index (χ2v) is 15.0. The average Bonchev–Trinajstić information content (AvgIpc) is 3.15. The molecular weight excluding hydrogens is 620 g/mol. The van der Waals surface area contributed by atoms with Crippen LogP contribution in [0.25, 0.3) is 43.1 Å². The van der Waals surface area contributed by atoms with Gasteiger partial charge in [0, 0.05) is 77.8 Å². The first-order valence-electron chi connectivity index (χ1n) is 18.2. The Labute approximate surface area is 291 Å². The van der Waals surface area contributed by atoms with Crippen molar-refractivity contribution in [3.63, 3.8) is 0 Å². The summed E-state index contributed by atoms with van der Waals surface area (Å²) in [7, 11) is 0. The molecule has 4 amide bonds. The predicted octanol–water partition coefficient (Wildman–Crippen LogP) is 8.83. The molecule has 6 nitrogen and oxygen atoms in total. The predicted molar refractivity (Wildman–Crippen MR) is 197 cm³/mol. The molecule has 0 radical (unpaired) electrons. The Morgan fingerprint density at radius 3 is 1.24 bits per heavy atom. The molecule has 0 N–H and O–H groups in total. The molecule has 0 bridgehead atoms. The fraction of sp³-hybridized carbons (Fsp3) is 0.364. The SMILES string of the molecule is C#Cc1cc2c3c(ccc4c5c(C#C)cc6c7c(ccc(c1c34)c75)C(=O)N(C(C)C1CCCCC1)C6=O)C(=O)N(C(C)C1CCCCC1)C2=O. The Morgan fingerprint density at radius 2 is 0.880 bits per heavy atom. The second-order valence-electron chi connectivity index (χ2n) is 15.0. The molecule has 9 rings (SSSR count). The van der Waals surface area contributed by atoms with Crippen molar-refractivity contribution >= 4 is 66.7 Å². The molecule has 0 spiro atoms. The van der Waals surface area contributed by atoms with E-state index in [0.29, 0.717) is 54.9 Å². The molecule has 0 saturated heterocycles. The van der Waals surface area contributed by atoms with Crippen LogP contribution in [0.2, 0.25) is 0 Å². The Balaban J connectivity index is 1.31. The van der Waals surface area contributed by atoms with Gasteiger partial charge in [-0.15, -0.1) is 12.8 Å².